The van der Waals surface area contributed by atoms with E-state index in [0.717, 1.165) is 30.0 Å². The number of benzene rings is 1. The first kappa shape index (κ1) is 13.9. The Morgan fingerprint density at radius 1 is 1.26 bits per heavy atom. The number of aromatic nitrogens is 2. The zero-order valence-electron chi connectivity index (χ0n) is 10.9. The summed E-state index contributed by atoms with van der Waals surface area (Å²) in [6.45, 7) is 2.08. The number of rotatable bonds is 6. The van der Waals surface area contributed by atoms with Gasteiger partial charge in [-0.25, -0.2) is 9.07 Å². The Balaban J connectivity index is 2.02. The van der Waals surface area contributed by atoms with Gasteiger partial charge < -0.3 is 0 Å². The largest absolute Gasteiger partial charge is 0.259 e. The van der Waals surface area contributed by atoms with Crippen molar-refractivity contribution in [1.82, 2.24) is 9.78 Å². The molecule has 0 unspecified atom stereocenters. The van der Waals surface area contributed by atoms with Crippen LogP contribution in [0.4, 0.5) is 4.39 Å². The molecule has 0 radical (unpaired) electrons. The predicted octanol–water partition coefficient (Wildman–Crippen LogP) is 3.06. The van der Waals surface area contributed by atoms with Crippen LogP contribution in [-0.2, 0) is 16.6 Å². The van der Waals surface area contributed by atoms with Crippen molar-refractivity contribution in [2.75, 3.05) is 5.75 Å². The van der Waals surface area contributed by atoms with E-state index in [0.29, 0.717) is 5.75 Å². The molecule has 0 N–H and O–H groups in total. The fourth-order valence-corrected chi connectivity index (χ4v) is 2.96. The Kier molecular flexibility index (Phi) is 4.85. The minimum absolute atomic E-state index is 0.267. The standard InChI is InChI=1S/C14H17FN2OS/c1-2-3-10-19(18)11-13-8-9-17(16-13)14-6-4-12(15)5-7-14/h4-9H,2-3,10-11H2,1H3/t19-/m0/s1. The maximum atomic E-state index is 12.8. The number of nitrogens with zero attached hydrogens (tertiary/aromatic N) is 2. The second-order valence-electron chi connectivity index (χ2n) is 4.37. The van der Waals surface area contributed by atoms with Crippen LogP contribution in [0.3, 0.4) is 0 Å². The van der Waals surface area contributed by atoms with Gasteiger partial charge in [0.15, 0.2) is 0 Å². The van der Waals surface area contributed by atoms with Crippen molar-refractivity contribution in [3.05, 3.63) is 48.0 Å². The molecule has 5 heteroatoms. The van der Waals surface area contributed by atoms with Gasteiger partial charge in [-0.15, -0.1) is 0 Å². The van der Waals surface area contributed by atoms with Gasteiger partial charge in [-0.1, -0.05) is 13.3 Å². The van der Waals surface area contributed by atoms with Crippen LogP contribution < -0.4 is 0 Å². The minimum atomic E-state index is -0.853. The molecule has 0 bridgehead atoms. The number of hydrogen-bond acceptors (Lipinski definition) is 2. The van der Waals surface area contributed by atoms with Crippen LogP contribution >= 0.6 is 0 Å². The minimum Gasteiger partial charge on any atom is -0.259 e. The Hall–Kier alpha value is -1.49. The molecular weight excluding hydrogens is 263 g/mol. The summed E-state index contributed by atoms with van der Waals surface area (Å²) in [4.78, 5) is 0. The summed E-state index contributed by atoms with van der Waals surface area (Å²) in [6.07, 6.45) is 3.83. The van der Waals surface area contributed by atoms with Gasteiger partial charge in [-0.3, -0.25) is 4.21 Å². The highest BCUT2D eigenvalue weighted by atomic mass is 32.2. The number of hydrogen-bond donors (Lipinski definition) is 0. The monoisotopic (exact) mass is 280 g/mol. The van der Waals surface area contributed by atoms with E-state index in [1.54, 1.807) is 23.0 Å². The molecule has 102 valence electrons. The first-order chi connectivity index (χ1) is 9.19. The molecule has 0 amide bonds. The maximum absolute atomic E-state index is 12.8. The molecule has 19 heavy (non-hydrogen) atoms. The Morgan fingerprint density at radius 2 is 2.00 bits per heavy atom. The quantitative estimate of drug-likeness (QED) is 0.815. The van der Waals surface area contributed by atoms with Crippen LogP contribution in [0.2, 0.25) is 0 Å². The van der Waals surface area contributed by atoms with Crippen LogP contribution in [0, 0.1) is 5.82 Å². The second kappa shape index (κ2) is 6.61. The Bertz CT molecular complexity index is 551. The first-order valence-corrected chi connectivity index (χ1v) is 7.83. The van der Waals surface area contributed by atoms with Crippen molar-refractivity contribution in [1.29, 1.82) is 0 Å². The van der Waals surface area contributed by atoms with E-state index in [-0.39, 0.29) is 5.82 Å². The topological polar surface area (TPSA) is 34.9 Å². The van der Waals surface area contributed by atoms with Gasteiger partial charge >= 0.3 is 0 Å². The molecule has 0 saturated carbocycles. The number of halogens is 1. The van der Waals surface area contributed by atoms with E-state index >= 15 is 0 Å². The van der Waals surface area contributed by atoms with Crippen molar-refractivity contribution >= 4 is 10.8 Å². The SMILES string of the molecule is CCCC[S@](=O)Cc1ccn(-c2ccc(F)cc2)n1. The highest BCUT2D eigenvalue weighted by molar-refractivity contribution is 7.84. The average Bonchev–Trinajstić information content (AvgIpc) is 2.85. The fourth-order valence-electron chi connectivity index (χ4n) is 1.72. The van der Waals surface area contributed by atoms with Gasteiger partial charge in [-0.2, -0.15) is 5.10 Å². The molecule has 3 nitrogen and oxygen atoms in total. The molecule has 2 rings (SSSR count). The van der Waals surface area contributed by atoms with Gasteiger partial charge in [0.05, 0.1) is 17.1 Å². The normalized spacial score (nSPS) is 12.5. The summed E-state index contributed by atoms with van der Waals surface area (Å²) in [5.41, 5.74) is 1.60. The Morgan fingerprint density at radius 3 is 2.68 bits per heavy atom. The van der Waals surface area contributed by atoms with Crippen LogP contribution in [0.15, 0.2) is 36.5 Å². The van der Waals surface area contributed by atoms with E-state index < -0.39 is 10.8 Å². The molecule has 1 atom stereocenters. The maximum Gasteiger partial charge on any atom is 0.123 e. The zero-order valence-corrected chi connectivity index (χ0v) is 11.7. The molecule has 0 saturated heterocycles. The van der Waals surface area contributed by atoms with E-state index in [9.17, 15) is 8.60 Å². The lowest BCUT2D eigenvalue weighted by Gasteiger charge is -2.01. The van der Waals surface area contributed by atoms with Crippen molar-refractivity contribution in [2.24, 2.45) is 0 Å². The summed E-state index contributed by atoms with van der Waals surface area (Å²) < 4.78 is 26.3. The smallest absolute Gasteiger partial charge is 0.123 e. The van der Waals surface area contributed by atoms with Crippen LogP contribution in [-0.4, -0.2) is 19.7 Å². The second-order valence-corrected chi connectivity index (χ2v) is 5.95. The summed E-state index contributed by atoms with van der Waals surface area (Å²) in [6, 6.07) is 7.99. The molecule has 0 aliphatic carbocycles. The highest BCUT2D eigenvalue weighted by Gasteiger charge is 2.06. The molecule has 0 aliphatic heterocycles. The van der Waals surface area contributed by atoms with Crippen LogP contribution in [0.1, 0.15) is 25.5 Å². The molecule has 1 aromatic heterocycles. The highest BCUT2D eigenvalue weighted by Crippen LogP contribution is 2.10. The molecule has 0 aliphatic rings. The fraction of sp³-hybridized carbons (Fsp3) is 0.357. The third-order valence-corrected chi connectivity index (χ3v) is 4.13. The van der Waals surface area contributed by atoms with Gasteiger partial charge in [0.1, 0.15) is 5.82 Å². The van der Waals surface area contributed by atoms with Gasteiger partial charge in [0.25, 0.3) is 0 Å². The lowest BCUT2D eigenvalue weighted by molar-refractivity contribution is 0.627. The van der Waals surface area contributed by atoms with Crippen LogP contribution in [0.25, 0.3) is 5.69 Å². The summed E-state index contributed by atoms with van der Waals surface area (Å²) in [5, 5.41) is 4.36. The molecule has 0 spiro atoms. The third-order valence-electron chi connectivity index (χ3n) is 2.77. The van der Waals surface area contributed by atoms with Crippen LogP contribution in [0.5, 0.6) is 0 Å². The van der Waals surface area contributed by atoms with Gasteiger partial charge in [-0.05, 0) is 36.8 Å². The first-order valence-electron chi connectivity index (χ1n) is 6.34. The van der Waals surface area contributed by atoms with Crippen molar-refractivity contribution < 1.29 is 8.60 Å². The van der Waals surface area contributed by atoms with E-state index in [2.05, 4.69) is 12.0 Å². The van der Waals surface area contributed by atoms with Crippen molar-refractivity contribution in [2.45, 2.75) is 25.5 Å². The summed E-state index contributed by atoms with van der Waals surface area (Å²) in [7, 11) is -0.853. The van der Waals surface area contributed by atoms with E-state index in [1.165, 1.54) is 12.1 Å². The molecule has 0 fully saturated rings. The van der Waals surface area contributed by atoms with E-state index in [4.69, 9.17) is 0 Å². The van der Waals surface area contributed by atoms with Crippen molar-refractivity contribution in [3.63, 3.8) is 0 Å². The lowest BCUT2D eigenvalue weighted by atomic mass is 10.3. The molecule has 1 aromatic carbocycles. The van der Waals surface area contributed by atoms with E-state index in [1.807, 2.05) is 6.07 Å². The Labute approximate surface area is 114 Å². The average molecular weight is 280 g/mol. The molecule has 1 heterocycles. The summed E-state index contributed by atoms with van der Waals surface area (Å²) in [5.74, 6) is 0.936. The lowest BCUT2D eigenvalue weighted by Crippen LogP contribution is -2.02. The van der Waals surface area contributed by atoms with Gasteiger partial charge in [0, 0.05) is 22.7 Å². The predicted molar refractivity (Wildman–Crippen MR) is 75.1 cm³/mol. The summed E-state index contributed by atoms with van der Waals surface area (Å²) >= 11 is 0. The third kappa shape index (κ3) is 3.99. The van der Waals surface area contributed by atoms with Crippen molar-refractivity contribution in [3.8, 4) is 5.69 Å². The number of unbranched alkanes of at least 4 members (excludes halogenated alkanes) is 1. The molecular formula is C14H17FN2OS. The molecule has 2 aromatic rings. The van der Waals surface area contributed by atoms with Gasteiger partial charge in [0.2, 0.25) is 0 Å². The zero-order chi connectivity index (χ0) is 13.7.